The maximum atomic E-state index is 12.9. The molecule has 3 rings (SSSR count). The van der Waals surface area contributed by atoms with Crippen LogP contribution in [-0.4, -0.2) is 21.9 Å². The van der Waals surface area contributed by atoms with E-state index in [1.54, 1.807) is 0 Å². The van der Waals surface area contributed by atoms with Crippen molar-refractivity contribution in [1.29, 1.82) is 0 Å². The van der Waals surface area contributed by atoms with E-state index in [4.69, 9.17) is 5.73 Å². The molecule has 0 radical (unpaired) electrons. The number of amides is 1. The molecule has 2 aromatic rings. The van der Waals surface area contributed by atoms with E-state index in [0.29, 0.717) is 11.3 Å². The third kappa shape index (κ3) is 2.11. The van der Waals surface area contributed by atoms with Crippen molar-refractivity contribution in [3.63, 3.8) is 0 Å². The van der Waals surface area contributed by atoms with Crippen LogP contribution < -0.4 is 5.73 Å². The van der Waals surface area contributed by atoms with Gasteiger partial charge in [-0.2, -0.15) is 0 Å². The van der Waals surface area contributed by atoms with Gasteiger partial charge < -0.3 is 15.2 Å². The molecule has 21 heavy (non-hydrogen) atoms. The Balaban J connectivity index is 1.95. The lowest BCUT2D eigenvalue weighted by molar-refractivity contribution is 0.0642. The molecule has 4 heteroatoms. The highest BCUT2D eigenvalue weighted by Gasteiger charge is 2.29. The van der Waals surface area contributed by atoms with Gasteiger partial charge in [0.25, 0.3) is 5.91 Å². The summed E-state index contributed by atoms with van der Waals surface area (Å²) in [7, 11) is 0. The first-order chi connectivity index (χ1) is 10.0. The zero-order chi connectivity index (χ0) is 15.1. The third-order valence-corrected chi connectivity index (χ3v) is 4.56. The minimum absolute atomic E-state index is 0.0670. The molecule has 1 amide bonds. The second kappa shape index (κ2) is 4.95. The maximum Gasteiger partial charge on any atom is 0.254 e. The van der Waals surface area contributed by atoms with Crippen LogP contribution in [0.25, 0.3) is 0 Å². The van der Waals surface area contributed by atoms with Gasteiger partial charge in [-0.25, -0.2) is 0 Å². The molecule has 1 aliphatic heterocycles. The van der Waals surface area contributed by atoms with Crippen molar-refractivity contribution in [3.05, 3.63) is 52.8 Å². The Hall–Kier alpha value is -2.23. The summed E-state index contributed by atoms with van der Waals surface area (Å²) in [4.78, 5) is 14.8. The number of carbonyl (C=O) groups excluding carboxylic acids is 1. The normalized spacial score (nSPS) is 17.7. The minimum Gasteiger partial charge on any atom is -0.398 e. The molecule has 2 heterocycles. The summed E-state index contributed by atoms with van der Waals surface area (Å²) in [5, 5.41) is 0. The van der Waals surface area contributed by atoms with Crippen molar-refractivity contribution >= 4 is 11.6 Å². The van der Waals surface area contributed by atoms with Crippen molar-refractivity contribution in [3.8, 4) is 0 Å². The summed E-state index contributed by atoms with van der Waals surface area (Å²) in [5.74, 6) is 0.0670. The predicted molar refractivity (Wildman–Crippen MR) is 84.2 cm³/mol. The number of nitrogens with two attached hydrogens (primary N) is 1. The van der Waals surface area contributed by atoms with Gasteiger partial charge in [0.2, 0.25) is 0 Å². The Morgan fingerprint density at radius 3 is 2.71 bits per heavy atom. The zero-order valence-corrected chi connectivity index (χ0v) is 12.8. The number of hydrogen-bond acceptors (Lipinski definition) is 2. The Morgan fingerprint density at radius 2 is 1.95 bits per heavy atom. The Morgan fingerprint density at radius 1 is 1.19 bits per heavy atom. The summed E-state index contributed by atoms with van der Waals surface area (Å²) >= 11 is 0. The smallest absolute Gasteiger partial charge is 0.254 e. The molecule has 0 saturated carbocycles. The number of hydrogen-bond donors (Lipinski definition) is 1. The van der Waals surface area contributed by atoms with Gasteiger partial charge in [-0.1, -0.05) is 6.07 Å². The van der Waals surface area contributed by atoms with Gasteiger partial charge in [0.1, 0.15) is 0 Å². The SMILES string of the molecule is Cc1c(N)cccc1C(=O)N1CCn2c(C)ccc2C1C. The van der Waals surface area contributed by atoms with Crippen molar-refractivity contribution in [1.82, 2.24) is 9.47 Å². The molecule has 1 aromatic carbocycles. The highest BCUT2D eigenvalue weighted by molar-refractivity contribution is 5.97. The van der Waals surface area contributed by atoms with E-state index in [1.807, 2.05) is 30.0 Å². The highest BCUT2D eigenvalue weighted by atomic mass is 16.2. The second-order valence-corrected chi connectivity index (χ2v) is 5.75. The van der Waals surface area contributed by atoms with Crippen molar-refractivity contribution < 1.29 is 4.79 Å². The summed E-state index contributed by atoms with van der Waals surface area (Å²) in [6.45, 7) is 7.69. The first-order valence-electron chi connectivity index (χ1n) is 7.33. The quantitative estimate of drug-likeness (QED) is 0.818. The van der Waals surface area contributed by atoms with Crippen LogP contribution in [0.15, 0.2) is 30.3 Å². The lowest BCUT2D eigenvalue weighted by Crippen LogP contribution is -2.41. The molecular formula is C17H21N3O. The Kier molecular flexibility index (Phi) is 3.24. The van der Waals surface area contributed by atoms with Gasteiger partial charge in [0, 0.05) is 35.7 Å². The average molecular weight is 283 g/mol. The van der Waals surface area contributed by atoms with Gasteiger partial charge in [-0.3, -0.25) is 4.79 Å². The molecule has 0 bridgehead atoms. The standard InChI is InChI=1S/C17H21N3O/c1-11-7-8-16-13(3)20(10-9-19(11)16)17(21)14-5-4-6-15(18)12(14)2/h4-8,13H,9-10,18H2,1-3H3. The number of rotatable bonds is 1. The highest BCUT2D eigenvalue weighted by Crippen LogP contribution is 2.29. The number of fused-ring (bicyclic) bond motifs is 1. The van der Waals surface area contributed by atoms with Gasteiger partial charge >= 0.3 is 0 Å². The summed E-state index contributed by atoms with van der Waals surface area (Å²) < 4.78 is 2.29. The van der Waals surface area contributed by atoms with Gasteiger partial charge in [0.05, 0.1) is 6.04 Å². The fourth-order valence-corrected chi connectivity index (χ4v) is 3.14. The van der Waals surface area contributed by atoms with Crippen LogP contribution in [0.4, 0.5) is 5.69 Å². The van der Waals surface area contributed by atoms with Crippen LogP contribution in [0.2, 0.25) is 0 Å². The Labute approximate surface area is 125 Å². The monoisotopic (exact) mass is 283 g/mol. The van der Waals surface area contributed by atoms with E-state index in [2.05, 4.69) is 30.5 Å². The van der Waals surface area contributed by atoms with E-state index < -0.39 is 0 Å². The van der Waals surface area contributed by atoms with Gasteiger partial charge in [0.15, 0.2) is 0 Å². The molecule has 2 N–H and O–H groups in total. The number of carbonyl (C=O) groups is 1. The number of aromatic nitrogens is 1. The van der Waals surface area contributed by atoms with Crippen LogP contribution in [0, 0.1) is 13.8 Å². The molecule has 4 nitrogen and oxygen atoms in total. The molecule has 1 aliphatic rings. The summed E-state index contributed by atoms with van der Waals surface area (Å²) in [5.41, 5.74) is 10.6. The van der Waals surface area contributed by atoms with Crippen LogP contribution in [0.1, 0.15) is 40.3 Å². The van der Waals surface area contributed by atoms with Crippen LogP contribution in [0.3, 0.4) is 0 Å². The van der Waals surface area contributed by atoms with Crippen molar-refractivity contribution in [2.75, 3.05) is 12.3 Å². The van der Waals surface area contributed by atoms with Crippen molar-refractivity contribution in [2.24, 2.45) is 0 Å². The largest absolute Gasteiger partial charge is 0.398 e. The van der Waals surface area contributed by atoms with E-state index in [-0.39, 0.29) is 11.9 Å². The number of benzene rings is 1. The second-order valence-electron chi connectivity index (χ2n) is 5.75. The Bertz CT molecular complexity index is 702. The fraction of sp³-hybridized carbons (Fsp3) is 0.353. The molecule has 1 unspecified atom stereocenters. The lowest BCUT2D eigenvalue weighted by Gasteiger charge is -2.36. The topological polar surface area (TPSA) is 51.3 Å². The van der Waals surface area contributed by atoms with Crippen LogP contribution >= 0.6 is 0 Å². The van der Waals surface area contributed by atoms with E-state index >= 15 is 0 Å². The van der Waals surface area contributed by atoms with E-state index in [0.717, 1.165) is 18.7 Å². The van der Waals surface area contributed by atoms with Gasteiger partial charge in [-0.15, -0.1) is 0 Å². The molecule has 1 aromatic heterocycles. The number of aryl methyl sites for hydroxylation is 1. The predicted octanol–water partition coefficient (Wildman–Crippen LogP) is 2.90. The molecule has 0 aliphatic carbocycles. The van der Waals surface area contributed by atoms with Crippen LogP contribution in [0.5, 0.6) is 0 Å². The molecule has 1 atom stereocenters. The molecule has 0 fully saturated rings. The van der Waals surface area contributed by atoms with Crippen molar-refractivity contribution in [2.45, 2.75) is 33.4 Å². The number of nitrogens with zero attached hydrogens (tertiary/aromatic N) is 2. The minimum atomic E-state index is 0.0670. The van der Waals surface area contributed by atoms with Crippen LogP contribution in [-0.2, 0) is 6.54 Å². The summed E-state index contributed by atoms with van der Waals surface area (Å²) in [6.07, 6.45) is 0. The molecule has 0 spiro atoms. The number of anilines is 1. The maximum absolute atomic E-state index is 12.9. The van der Waals surface area contributed by atoms with Gasteiger partial charge in [-0.05, 0) is 50.6 Å². The van der Waals surface area contributed by atoms with E-state index in [9.17, 15) is 4.79 Å². The lowest BCUT2D eigenvalue weighted by atomic mass is 10.0. The third-order valence-electron chi connectivity index (χ3n) is 4.56. The van der Waals surface area contributed by atoms with E-state index in [1.165, 1.54) is 11.4 Å². The first-order valence-corrected chi connectivity index (χ1v) is 7.33. The average Bonchev–Trinajstić information content (AvgIpc) is 2.84. The fourth-order valence-electron chi connectivity index (χ4n) is 3.14. The molecular weight excluding hydrogens is 262 g/mol. The molecule has 110 valence electrons. The molecule has 0 saturated heterocycles. The first kappa shape index (κ1) is 13.7. The number of nitrogen functional groups attached to an aromatic ring is 1. The zero-order valence-electron chi connectivity index (χ0n) is 12.8. The summed E-state index contributed by atoms with van der Waals surface area (Å²) in [6, 6.07) is 9.86.